The average molecular weight is 270 g/mol. The summed E-state index contributed by atoms with van der Waals surface area (Å²) in [5.74, 6) is -7.04. The molecule has 104 valence electrons. The van der Waals surface area contributed by atoms with Crippen LogP contribution in [0.2, 0.25) is 0 Å². The molecule has 0 spiro atoms. The highest BCUT2D eigenvalue weighted by atomic mass is 16.4. The maximum absolute atomic E-state index is 9.77. The van der Waals surface area contributed by atoms with Crippen LogP contribution in [0.4, 0.5) is 0 Å². The first kappa shape index (κ1) is 18.1. The first-order valence-corrected chi connectivity index (χ1v) is 3.97. The minimum absolute atomic E-state index is 1.75. The van der Waals surface area contributed by atoms with Gasteiger partial charge in [0, 0.05) is 0 Å². The Bertz CT molecular complexity index is 302. The van der Waals surface area contributed by atoms with Crippen molar-refractivity contribution in [2.24, 2.45) is 0 Å². The van der Waals surface area contributed by atoms with E-state index in [1.165, 1.54) is 0 Å². The molecule has 0 fully saturated rings. The van der Waals surface area contributed by atoms with Crippen LogP contribution in [0.3, 0.4) is 0 Å². The third-order valence-corrected chi connectivity index (χ3v) is 1.27. The highest BCUT2D eigenvalue weighted by Crippen LogP contribution is 1.92. The molecule has 0 rings (SSSR count). The van der Waals surface area contributed by atoms with Gasteiger partial charge in [0.25, 0.3) is 0 Å². The van der Waals surface area contributed by atoms with Crippen LogP contribution in [0.1, 0.15) is 0 Å². The molecule has 18 heavy (non-hydrogen) atoms. The molecule has 0 aromatic heterocycles. The van der Waals surface area contributed by atoms with Crippen molar-refractivity contribution in [3.05, 3.63) is 0 Å². The van der Waals surface area contributed by atoms with E-state index in [1.807, 2.05) is 0 Å². The molecule has 0 heterocycles. The van der Waals surface area contributed by atoms with Gasteiger partial charge in [0.15, 0.2) is 12.2 Å². The molecule has 0 aliphatic rings. The molecule has 0 amide bonds. The van der Waals surface area contributed by atoms with Gasteiger partial charge < -0.3 is 35.7 Å². The van der Waals surface area contributed by atoms with Gasteiger partial charge in [-0.15, -0.1) is 0 Å². The summed E-state index contributed by atoms with van der Waals surface area (Å²) in [6.45, 7) is 0. The summed E-state index contributed by atoms with van der Waals surface area (Å²) in [7, 11) is 0. The molecule has 0 aliphatic heterocycles. The Labute approximate surface area is 98.1 Å². The predicted molar refractivity (Wildman–Crippen MR) is 48.6 cm³/mol. The van der Waals surface area contributed by atoms with E-state index in [1.54, 1.807) is 0 Å². The highest BCUT2D eigenvalue weighted by Gasteiger charge is 2.29. The molecular weight excluding hydrogens is 260 g/mol. The largest absolute Gasteiger partial charge is 0.479 e. The van der Waals surface area contributed by atoms with E-state index < -0.39 is 42.2 Å². The van der Waals surface area contributed by atoms with Crippen molar-refractivity contribution in [2.45, 2.75) is 18.3 Å². The molecule has 0 bridgehead atoms. The second-order valence-corrected chi connectivity index (χ2v) is 2.65. The molecule has 11 nitrogen and oxygen atoms in total. The van der Waals surface area contributed by atoms with Gasteiger partial charge in [-0.1, -0.05) is 0 Å². The van der Waals surface area contributed by atoms with Crippen LogP contribution in [0.5, 0.6) is 0 Å². The van der Waals surface area contributed by atoms with Gasteiger partial charge in [-0.25, -0.2) is 19.2 Å². The van der Waals surface area contributed by atoms with Crippen LogP contribution in [0.15, 0.2) is 0 Å². The zero-order valence-corrected chi connectivity index (χ0v) is 8.50. The predicted octanol–water partition coefficient (Wildman–Crippen LogP) is -3.61. The van der Waals surface area contributed by atoms with E-state index in [0.29, 0.717) is 0 Å². The Morgan fingerprint density at radius 1 is 0.556 bits per heavy atom. The number of carboxylic acid groups (broad SMARTS) is 4. The van der Waals surface area contributed by atoms with Crippen LogP contribution in [-0.2, 0) is 19.2 Å². The lowest BCUT2D eigenvalue weighted by Gasteiger charge is -2.07. The topological polar surface area (TPSA) is 210 Å². The quantitative estimate of drug-likeness (QED) is 0.242. The van der Waals surface area contributed by atoms with E-state index in [-0.39, 0.29) is 0 Å². The zero-order valence-electron chi connectivity index (χ0n) is 8.50. The Balaban J connectivity index is 0. The van der Waals surface area contributed by atoms with Crippen LogP contribution in [-0.4, -0.2) is 77.9 Å². The molecule has 0 radical (unpaired) electrons. The van der Waals surface area contributed by atoms with E-state index in [4.69, 9.17) is 35.7 Å². The highest BCUT2D eigenvalue weighted by molar-refractivity contribution is 5.95. The molecule has 2 unspecified atom stereocenters. The van der Waals surface area contributed by atoms with Crippen molar-refractivity contribution in [2.75, 3.05) is 0 Å². The third-order valence-electron chi connectivity index (χ3n) is 1.27. The fourth-order valence-electron chi connectivity index (χ4n) is 0.376. The molecule has 0 aliphatic carbocycles. The second-order valence-electron chi connectivity index (χ2n) is 2.65. The van der Waals surface area contributed by atoms with Crippen LogP contribution >= 0.6 is 0 Å². The number of aliphatic carboxylic acids is 4. The summed E-state index contributed by atoms with van der Waals surface area (Å²) in [4.78, 5) is 38.6. The number of hydrogen-bond donors (Lipinski definition) is 7. The van der Waals surface area contributed by atoms with Gasteiger partial charge in [0.05, 0.1) is 0 Å². The fraction of sp³-hybridized carbons (Fsp3) is 0.429. The van der Waals surface area contributed by atoms with Gasteiger partial charge >= 0.3 is 23.9 Å². The summed E-state index contributed by atoms with van der Waals surface area (Å²) < 4.78 is 0. The molecule has 7 N–H and O–H groups in total. The van der Waals surface area contributed by atoms with Crippen LogP contribution < -0.4 is 0 Å². The van der Waals surface area contributed by atoms with Gasteiger partial charge in [-0.05, 0) is 0 Å². The molecule has 0 saturated carbocycles. The summed E-state index contributed by atoms with van der Waals surface area (Å²) >= 11 is 0. The van der Waals surface area contributed by atoms with Crippen molar-refractivity contribution in [1.29, 1.82) is 0 Å². The van der Waals surface area contributed by atoms with Gasteiger partial charge in [-0.2, -0.15) is 0 Å². The molecule has 0 saturated heterocycles. The number of hydrogen-bond acceptors (Lipinski definition) is 7. The maximum Gasteiger partial charge on any atom is 0.344 e. The van der Waals surface area contributed by atoms with Crippen molar-refractivity contribution in [1.82, 2.24) is 0 Å². The van der Waals surface area contributed by atoms with E-state index >= 15 is 0 Å². The Kier molecular flexibility index (Phi) is 8.00. The lowest BCUT2D eigenvalue weighted by atomic mass is 10.2. The number of carbonyl (C=O) groups is 4. The van der Waals surface area contributed by atoms with E-state index in [9.17, 15) is 19.2 Å². The molecular formula is C7H10O11. The molecule has 11 heteroatoms. The summed E-state index contributed by atoms with van der Waals surface area (Å²) in [6.07, 6.45) is -6.83. The standard InChI is InChI=1S/C4H6O6.C3H4O5/c5-1(3(7)8)2(6)4(9)10;4-1(2(5)6)3(7)8/h1-2,5-6H,(H,7,8)(H,9,10);1,4H,(H,5,6)(H,7,8). The van der Waals surface area contributed by atoms with Crippen molar-refractivity contribution >= 4 is 23.9 Å². The smallest absolute Gasteiger partial charge is 0.344 e. The number of rotatable bonds is 5. The average Bonchev–Trinajstić information content (AvgIpc) is 2.26. The van der Waals surface area contributed by atoms with Crippen LogP contribution in [0, 0.1) is 0 Å². The number of aliphatic hydroxyl groups excluding tert-OH is 3. The van der Waals surface area contributed by atoms with Crippen LogP contribution in [0.25, 0.3) is 0 Å². The summed E-state index contributed by atoms with van der Waals surface area (Å²) in [6, 6.07) is 0. The SMILES string of the molecule is O=C(O)C(O)C(=O)O.O=C(O)C(O)C(O)C(=O)O. The molecule has 0 aromatic rings. The number of carboxylic acids is 4. The Hall–Kier alpha value is -2.24. The van der Waals surface area contributed by atoms with Gasteiger partial charge in [-0.3, -0.25) is 0 Å². The molecule has 2 atom stereocenters. The monoisotopic (exact) mass is 270 g/mol. The lowest BCUT2D eigenvalue weighted by molar-refractivity contribution is -0.165. The normalized spacial score (nSPS) is 12.9. The Morgan fingerprint density at radius 2 is 0.778 bits per heavy atom. The minimum Gasteiger partial charge on any atom is -0.479 e. The Morgan fingerprint density at radius 3 is 0.833 bits per heavy atom. The van der Waals surface area contributed by atoms with Crippen molar-refractivity contribution in [3.63, 3.8) is 0 Å². The van der Waals surface area contributed by atoms with Crippen molar-refractivity contribution < 1.29 is 54.9 Å². The first-order chi connectivity index (χ1) is 8.02. The van der Waals surface area contributed by atoms with Crippen molar-refractivity contribution in [3.8, 4) is 0 Å². The maximum atomic E-state index is 9.77. The second kappa shape index (κ2) is 7.94. The lowest BCUT2D eigenvalue weighted by Crippen LogP contribution is -2.39. The zero-order chi connectivity index (χ0) is 15.0. The first-order valence-electron chi connectivity index (χ1n) is 3.97. The molecule has 0 aromatic carbocycles. The van der Waals surface area contributed by atoms with Gasteiger partial charge in [0.2, 0.25) is 6.10 Å². The number of aliphatic hydroxyl groups is 3. The summed E-state index contributed by atoms with van der Waals surface area (Å²) in [5.41, 5.74) is 0. The third kappa shape index (κ3) is 7.10. The minimum atomic E-state index is -2.30. The summed E-state index contributed by atoms with van der Waals surface area (Å²) in [5, 5.41) is 56.0. The van der Waals surface area contributed by atoms with Gasteiger partial charge in [0.1, 0.15) is 0 Å². The van der Waals surface area contributed by atoms with E-state index in [2.05, 4.69) is 0 Å². The van der Waals surface area contributed by atoms with E-state index in [0.717, 1.165) is 0 Å². The fourth-order valence-corrected chi connectivity index (χ4v) is 0.376.